The van der Waals surface area contributed by atoms with Gasteiger partial charge in [0.15, 0.2) is 6.29 Å². The molecule has 5 atom stereocenters. The number of hydrogen-bond donors (Lipinski definition) is 2. The molecule has 1 aliphatic heterocycles. The largest absolute Gasteiger partial charge is 0.391 e. The lowest BCUT2D eigenvalue weighted by Gasteiger charge is -2.36. The number of benzene rings is 1. The van der Waals surface area contributed by atoms with E-state index in [1.54, 1.807) is 6.92 Å². The first kappa shape index (κ1) is 16.0. The molecule has 1 fully saturated rings. The van der Waals surface area contributed by atoms with Crippen LogP contribution in [0, 0.1) is 0 Å². The molecular weight excluding hydrogens is 286 g/mol. The van der Waals surface area contributed by atoms with Gasteiger partial charge in [0.2, 0.25) is 0 Å². The van der Waals surface area contributed by atoms with Gasteiger partial charge in [0, 0.05) is 10.5 Å². The van der Waals surface area contributed by atoms with Gasteiger partial charge in [-0.3, -0.25) is 0 Å². The Morgan fingerprint density at radius 2 is 1.95 bits per heavy atom. The van der Waals surface area contributed by atoms with Crippen LogP contribution in [0.3, 0.4) is 0 Å². The topological polar surface area (TPSA) is 98.5 Å². The lowest BCUT2D eigenvalue weighted by atomic mass is 10.1. The predicted octanol–water partition coefficient (Wildman–Crippen LogP) is 1.75. The van der Waals surface area contributed by atoms with Gasteiger partial charge in [-0.05, 0) is 12.5 Å². The van der Waals surface area contributed by atoms with E-state index in [1.807, 2.05) is 30.3 Å². The van der Waals surface area contributed by atoms with Crippen LogP contribution in [0.4, 0.5) is 0 Å². The molecule has 114 valence electrons. The van der Waals surface area contributed by atoms with Crippen LogP contribution in [0.15, 0.2) is 35.4 Å². The third-order valence-corrected chi connectivity index (χ3v) is 8.48. The molecule has 1 unspecified atom stereocenters. The van der Waals surface area contributed by atoms with Gasteiger partial charge < -0.3 is 14.9 Å². The second kappa shape index (κ2) is 6.17. The summed E-state index contributed by atoms with van der Waals surface area (Å²) in [6.07, 6.45) is -2.43. The minimum absolute atomic E-state index is 0.189. The van der Waals surface area contributed by atoms with Gasteiger partial charge in [0.1, 0.15) is 0 Å². The maximum atomic E-state index is 10.0. The standard InChI is InChI=1S/C14H21N3O3Si/c1-9(18)12-13(11(16-17-15)14(19)20-12)21(2,3)10-7-5-4-6-8-10/h4-9,11-14,18-19H,1-3H3/t9-,11-,12+,13-,14?/m1/s1. The van der Waals surface area contributed by atoms with E-state index in [1.165, 1.54) is 5.19 Å². The second-order valence-corrected chi connectivity index (χ2v) is 10.7. The molecule has 0 saturated carbocycles. The molecule has 0 bridgehead atoms. The summed E-state index contributed by atoms with van der Waals surface area (Å²) in [6.45, 7) is 5.92. The van der Waals surface area contributed by atoms with E-state index in [2.05, 4.69) is 23.1 Å². The first-order valence-electron chi connectivity index (χ1n) is 7.01. The lowest BCUT2D eigenvalue weighted by Crippen LogP contribution is -2.53. The zero-order chi connectivity index (χ0) is 15.6. The Hall–Kier alpha value is -1.37. The van der Waals surface area contributed by atoms with E-state index in [0.717, 1.165) is 0 Å². The Kier molecular flexibility index (Phi) is 4.70. The number of aliphatic hydroxyl groups excluding tert-OH is 2. The minimum atomic E-state index is -2.12. The molecule has 0 aromatic heterocycles. The molecule has 1 aromatic rings. The summed E-state index contributed by atoms with van der Waals surface area (Å²) in [7, 11) is -2.12. The fourth-order valence-corrected chi connectivity index (χ4v) is 6.90. The number of rotatable bonds is 4. The van der Waals surface area contributed by atoms with Crippen molar-refractivity contribution in [2.45, 2.75) is 50.1 Å². The van der Waals surface area contributed by atoms with Crippen molar-refractivity contribution in [2.75, 3.05) is 0 Å². The van der Waals surface area contributed by atoms with Crippen molar-refractivity contribution >= 4 is 13.3 Å². The second-order valence-electron chi connectivity index (χ2n) is 6.04. The van der Waals surface area contributed by atoms with E-state index in [0.29, 0.717) is 0 Å². The highest BCUT2D eigenvalue weighted by molar-refractivity contribution is 6.91. The Morgan fingerprint density at radius 3 is 2.48 bits per heavy atom. The summed E-state index contributed by atoms with van der Waals surface area (Å²) in [5, 5.41) is 24.9. The number of azide groups is 1. The van der Waals surface area contributed by atoms with E-state index < -0.39 is 32.6 Å². The van der Waals surface area contributed by atoms with Crippen molar-refractivity contribution in [1.82, 2.24) is 0 Å². The molecule has 1 heterocycles. The first-order chi connectivity index (χ1) is 9.89. The third-order valence-electron chi connectivity index (χ3n) is 4.32. The highest BCUT2D eigenvalue weighted by Crippen LogP contribution is 2.42. The van der Waals surface area contributed by atoms with Gasteiger partial charge in [-0.15, -0.1) is 0 Å². The Balaban J connectivity index is 2.46. The quantitative estimate of drug-likeness (QED) is 0.383. The summed E-state index contributed by atoms with van der Waals surface area (Å²) >= 11 is 0. The van der Waals surface area contributed by atoms with Crippen molar-refractivity contribution in [3.05, 3.63) is 40.8 Å². The van der Waals surface area contributed by atoms with E-state index >= 15 is 0 Å². The molecule has 0 aliphatic carbocycles. The monoisotopic (exact) mass is 307 g/mol. The maximum Gasteiger partial charge on any atom is 0.163 e. The predicted molar refractivity (Wildman–Crippen MR) is 82.8 cm³/mol. The molecule has 0 spiro atoms. The highest BCUT2D eigenvalue weighted by Gasteiger charge is 2.53. The number of aliphatic hydroxyl groups is 2. The van der Waals surface area contributed by atoms with Gasteiger partial charge in [0.05, 0.1) is 26.3 Å². The normalized spacial score (nSPS) is 30.7. The Morgan fingerprint density at radius 1 is 1.33 bits per heavy atom. The van der Waals surface area contributed by atoms with E-state index in [9.17, 15) is 10.2 Å². The van der Waals surface area contributed by atoms with Gasteiger partial charge in [-0.25, -0.2) is 0 Å². The molecule has 0 radical (unpaired) electrons. The first-order valence-corrected chi connectivity index (χ1v) is 10.1. The highest BCUT2D eigenvalue weighted by atomic mass is 28.3. The van der Waals surface area contributed by atoms with Crippen LogP contribution in [-0.2, 0) is 4.74 Å². The molecule has 2 rings (SSSR count). The zero-order valence-electron chi connectivity index (χ0n) is 12.4. The number of nitrogens with zero attached hydrogens (tertiary/aromatic N) is 3. The fraction of sp³-hybridized carbons (Fsp3) is 0.571. The summed E-state index contributed by atoms with van der Waals surface area (Å²) in [6, 6.07) is 9.31. The molecule has 1 aromatic carbocycles. The van der Waals surface area contributed by atoms with Crippen molar-refractivity contribution in [1.29, 1.82) is 0 Å². The maximum absolute atomic E-state index is 10.0. The van der Waals surface area contributed by atoms with Crippen LogP contribution < -0.4 is 5.19 Å². The van der Waals surface area contributed by atoms with Gasteiger partial charge in [-0.2, -0.15) is 0 Å². The summed E-state index contributed by atoms with van der Waals surface area (Å²) < 4.78 is 5.48. The van der Waals surface area contributed by atoms with Crippen LogP contribution >= 0.6 is 0 Å². The van der Waals surface area contributed by atoms with Crippen molar-refractivity contribution in [2.24, 2.45) is 5.11 Å². The van der Waals surface area contributed by atoms with Crippen LogP contribution in [0.1, 0.15) is 6.92 Å². The molecule has 2 N–H and O–H groups in total. The minimum Gasteiger partial charge on any atom is -0.391 e. The molecule has 0 amide bonds. The zero-order valence-corrected chi connectivity index (χ0v) is 13.4. The number of ether oxygens (including phenoxy) is 1. The third kappa shape index (κ3) is 2.97. The summed E-state index contributed by atoms with van der Waals surface area (Å²) in [5.74, 6) is 0. The molecule has 1 aliphatic rings. The average molecular weight is 307 g/mol. The molecule has 21 heavy (non-hydrogen) atoms. The molecule has 7 heteroatoms. The summed E-state index contributed by atoms with van der Waals surface area (Å²) in [4.78, 5) is 2.84. The number of hydrogen-bond acceptors (Lipinski definition) is 4. The van der Waals surface area contributed by atoms with Crippen LogP contribution in [0.5, 0.6) is 0 Å². The van der Waals surface area contributed by atoms with Gasteiger partial charge in [-0.1, -0.05) is 53.7 Å². The van der Waals surface area contributed by atoms with Crippen LogP contribution in [0.2, 0.25) is 18.6 Å². The van der Waals surface area contributed by atoms with Gasteiger partial charge in [0.25, 0.3) is 0 Å². The average Bonchev–Trinajstić information content (AvgIpc) is 2.78. The van der Waals surface area contributed by atoms with Crippen LogP contribution in [0.25, 0.3) is 10.4 Å². The summed E-state index contributed by atoms with van der Waals surface area (Å²) in [5.41, 5.74) is 8.58. The van der Waals surface area contributed by atoms with Gasteiger partial charge >= 0.3 is 0 Å². The van der Waals surface area contributed by atoms with Crippen molar-refractivity contribution in [3.63, 3.8) is 0 Å². The smallest absolute Gasteiger partial charge is 0.163 e. The fourth-order valence-electron chi connectivity index (χ4n) is 3.20. The lowest BCUT2D eigenvalue weighted by molar-refractivity contribution is -0.121. The molecule has 1 saturated heterocycles. The van der Waals surface area contributed by atoms with Crippen molar-refractivity contribution < 1.29 is 14.9 Å². The molecule has 6 nitrogen and oxygen atoms in total. The van der Waals surface area contributed by atoms with E-state index in [-0.39, 0.29) is 5.54 Å². The Labute approximate surface area is 125 Å². The SMILES string of the molecule is C[C@@H](O)[C@@H]1OC(O)[C@H](N=[N+]=[N-])[C@H]1[Si](C)(C)c1ccccc1. The van der Waals surface area contributed by atoms with E-state index in [4.69, 9.17) is 10.3 Å². The van der Waals surface area contributed by atoms with Crippen LogP contribution in [-0.4, -0.2) is 42.8 Å². The van der Waals surface area contributed by atoms with Crippen molar-refractivity contribution in [3.8, 4) is 0 Å². The Bertz CT molecular complexity index is 532. The molecular formula is C14H21N3O3Si.